The maximum absolute atomic E-state index is 6.43. The Hall–Kier alpha value is -0.220. The first-order valence-electron chi connectivity index (χ1n) is 4.84. The molecule has 1 unspecified atom stereocenters. The van der Waals surface area contributed by atoms with Crippen LogP contribution in [0, 0.1) is 0 Å². The van der Waals surface area contributed by atoms with Crippen molar-refractivity contribution in [3.05, 3.63) is 49.6 Å². The van der Waals surface area contributed by atoms with Gasteiger partial charge in [0.15, 0.2) is 0 Å². The highest BCUT2D eigenvalue weighted by Gasteiger charge is 2.18. The molecule has 2 aromatic rings. The quantitative estimate of drug-likeness (QED) is 0.663. The molecule has 1 heterocycles. The molecule has 0 amide bonds. The number of thiophene rings is 1. The van der Waals surface area contributed by atoms with Gasteiger partial charge in [-0.2, -0.15) is 0 Å². The third-order valence-corrected chi connectivity index (χ3v) is 5.20. The van der Waals surface area contributed by atoms with Crippen molar-refractivity contribution in [2.24, 2.45) is 0 Å². The summed E-state index contributed by atoms with van der Waals surface area (Å²) in [5.41, 5.74) is 0.886. The molecule has 0 radical (unpaired) electrons. The first-order valence-corrected chi connectivity index (χ1v) is 7.32. The van der Waals surface area contributed by atoms with E-state index in [2.05, 4.69) is 15.9 Å². The molecule has 90 valence electrons. The lowest BCUT2D eigenvalue weighted by atomic mass is 10.1. The van der Waals surface area contributed by atoms with Gasteiger partial charge in [-0.1, -0.05) is 17.7 Å². The third-order valence-electron chi connectivity index (χ3n) is 2.36. The molecule has 1 nitrogen and oxygen atoms in total. The molecule has 0 bridgehead atoms. The minimum absolute atomic E-state index is 0.247. The van der Waals surface area contributed by atoms with E-state index in [9.17, 15) is 0 Å². The summed E-state index contributed by atoms with van der Waals surface area (Å²) in [5.74, 6) is 0.730. The van der Waals surface area contributed by atoms with Crippen molar-refractivity contribution in [3.63, 3.8) is 0 Å². The fourth-order valence-corrected chi connectivity index (χ4v) is 3.99. The van der Waals surface area contributed by atoms with Gasteiger partial charge in [-0.05, 0) is 45.1 Å². The zero-order valence-corrected chi connectivity index (χ0v) is 12.8. The smallest absolute Gasteiger partial charge is 0.120 e. The highest BCUT2D eigenvalue weighted by molar-refractivity contribution is 9.10. The number of alkyl halides is 1. The number of halogens is 3. The monoisotopic (exact) mass is 350 g/mol. The molecular weight excluding hydrogens is 343 g/mol. The summed E-state index contributed by atoms with van der Waals surface area (Å²) in [7, 11) is 1.61. The Kier molecular flexibility index (Phi) is 4.36. The molecular formula is C12H9BrCl2OS. The first kappa shape index (κ1) is 13.2. The molecule has 1 aromatic heterocycles. The summed E-state index contributed by atoms with van der Waals surface area (Å²) >= 11 is 17.7. The molecule has 1 atom stereocenters. The Morgan fingerprint density at radius 2 is 2.12 bits per heavy atom. The van der Waals surface area contributed by atoms with E-state index in [1.807, 2.05) is 23.6 Å². The average molecular weight is 352 g/mol. The molecule has 0 aliphatic heterocycles. The van der Waals surface area contributed by atoms with Crippen LogP contribution in [0.15, 0.2) is 34.1 Å². The van der Waals surface area contributed by atoms with Gasteiger partial charge in [0.2, 0.25) is 0 Å². The van der Waals surface area contributed by atoms with Crippen molar-refractivity contribution in [3.8, 4) is 5.75 Å². The number of hydrogen-bond acceptors (Lipinski definition) is 2. The van der Waals surface area contributed by atoms with Crippen molar-refractivity contribution in [1.82, 2.24) is 0 Å². The van der Waals surface area contributed by atoms with Gasteiger partial charge in [0.05, 0.1) is 12.5 Å². The largest absolute Gasteiger partial charge is 0.497 e. The van der Waals surface area contributed by atoms with Crippen LogP contribution in [-0.2, 0) is 0 Å². The summed E-state index contributed by atoms with van der Waals surface area (Å²) in [5, 5.41) is 2.36. The van der Waals surface area contributed by atoms with E-state index >= 15 is 0 Å². The van der Waals surface area contributed by atoms with Crippen LogP contribution in [0.4, 0.5) is 0 Å². The van der Waals surface area contributed by atoms with E-state index in [-0.39, 0.29) is 5.38 Å². The van der Waals surface area contributed by atoms with Crippen molar-refractivity contribution in [2.45, 2.75) is 5.38 Å². The van der Waals surface area contributed by atoms with Crippen LogP contribution in [0.2, 0.25) is 5.02 Å². The molecule has 0 N–H and O–H groups in total. The van der Waals surface area contributed by atoms with E-state index < -0.39 is 0 Å². The van der Waals surface area contributed by atoms with Crippen LogP contribution in [0.25, 0.3) is 0 Å². The fourth-order valence-electron chi connectivity index (χ4n) is 1.47. The molecule has 1 aromatic carbocycles. The number of benzene rings is 1. The van der Waals surface area contributed by atoms with Gasteiger partial charge in [0.1, 0.15) is 5.75 Å². The Bertz CT molecular complexity index is 527. The van der Waals surface area contributed by atoms with E-state index in [4.69, 9.17) is 27.9 Å². The predicted octanol–water partition coefficient (Wildman–Crippen LogP) is 5.50. The lowest BCUT2D eigenvalue weighted by Gasteiger charge is -2.12. The van der Waals surface area contributed by atoms with Crippen molar-refractivity contribution >= 4 is 50.5 Å². The van der Waals surface area contributed by atoms with Gasteiger partial charge >= 0.3 is 0 Å². The van der Waals surface area contributed by atoms with E-state index in [1.165, 1.54) is 0 Å². The second-order valence-electron chi connectivity index (χ2n) is 3.38. The van der Waals surface area contributed by atoms with Gasteiger partial charge in [0, 0.05) is 14.4 Å². The maximum Gasteiger partial charge on any atom is 0.120 e. The highest BCUT2D eigenvalue weighted by atomic mass is 79.9. The average Bonchev–Trinajstić information content (AvgIpc) is 2.74. The summed E-state index contributed by atoms with van der Waals surface area (Å²) in [6.07, 6.45) is 0. The first-order chi connectivity index (χ1) is 8.13. The zero-order chi connectivity index (χ0) is 12.4. The van der Waals surface area contributed by atoms with Gasteiger partial charge in [0.25, 0.3) is 0 Å². The van der Waals surface area contributed by atoms with Crippen molar-refractivity contribution in [1.29, 1.82) is 0 Å². The van der Waals surface area contributed by atoms with Crippen LogP contribution >= 0.6 is 50.5 Å². The lowest BCUT2D eigenvalue weighted by molar-refractivity contribution is 0.414. The standard InChI is InChI=1S/C12H9BrCl2OS/c1-16-7-2-3-8(10(14)6-7)11(15)12-9(13)4-5-17-12/h2-6,11H,1H3. The highest BCUT2D eigenvalue weighted by Crippen LogP contribution is 2.40. The Morgan fingerprint density at radius 1 is 1.35 bits per heavy atom. The fraction of sp³-hybridized carbons (Fsp3) is 0.167. The zero-order valence-electron chi connectivity index (χ0n) is 8.91. The summed E-state index contributed by atoms with van der Waals surface area (Å²) < 4.78 is 6.12. The van der Waals surface area contributed by atoms with E-state index in [0.717, 1.165) is 20.7 Å². The molecule has 17 heavy (non-hydrogen) atoms. The third kappa shape index (κ3) is 2.79. The Labute approximate surface area is 122 Å². The maximum atomic E-state index is 6.43. The number of rotatable bonds is 3. The Morgan fingerprint density at radius 3 is 2.65 bits per heavy atom. The lowest BCUT2D eigenvalue weighted by Crippen LogP contribution is -1.93. The van der Waals surface area contributed by atoms with Crippen LogP contribution in [0.1, 0.15) is 15.8 Å². The minimum atomic E-state index is -0.247. The van der Waals surface area contributed by atoms with Gasteiger partial charge in [-0.3, -0.25) is 0 Å². The van der Waals surface area contributed by atoms with Crippen LogP contribution in [0.3, 0.4) is 0 Å². The second-order valence-corrected chi connectivity index (χ2v) is 6.03. The summed E-state index contributed by atoms with van der Waals surface area (Å²) in [4.78, 5) is 1.05. The molecule has 0 spiro atoms. The SMILES string of the molecule is COc1ccc(C(Cl)c2sccc2Br)c(Cl)c1. The van der Waals surface area contributed by atoms with Gasteiger partial charge in [-0.15, -0.1) is 22.9 Å². The van der Waals surface area contributed by atoms with Gasteiger partial charge in [-0.25, -0.2) is 0 Å². The van der Waals surface area contributed by atoms with Crippen molar-refractivity contribution < 1.29 is 4.74 Å². The normalized spacial score (nSPS) is 12.5. The van der Waals surface area contributed by atoms with Crippen molar-refractivity contribution in [2.75, 3.05) is 7.11 Å². The summed E-state index contributed by atoms with van der Waals surface area (Å²) in [6.45, 7) is 0. The van der Waals surface area contributed by atoms with E-state index in [1.54, 1.807) is 24.5 Å². The van der Waals surface area contributed by atoms with E-state index in [0.29, 0.717) is 5.02 Å². The summed E-state index contributed by atoms with van der Waals surface area (Å²) in [6, 6.07) is 7.50. The predicted molar refractivity (Wildman–Crippen MR) is 77.7 cm³/mol. The molecule has 0 fully saturated rings. The van der Waals surface area contributed by atoms with Crippen LogP contribution < -0.4 is 4.74 Å². The Balaban J connectivity index is 2.38. The number of methoxy groups -OCH3 is 1. The number of ether oxygens (including phenoxy) is 1. The minimum Gasteiger partial charge on any atom is -0.497 e. The molecule has 0 saturated heterocycles. The molecule has 0 aliphatic rings. The number of hydrogen-bond donors (Lipinski definition) is 0. The molecule has 0 aliphatic carbocycles. The van der Waals surface area contributed by atoms with Crippen LogP contribution in [0.5, 0.6) is 5.75 Å². The second kappa shape index (κ2) is 5.61. The topological polar surface area (TPSA) is 9.23 Å². The van der Waals surface area contributed by atoms with Gasteiger partial charge < -0.3 is 4.74 Å². The molecule has 0 saturated carbocycles. The molecule has 5 heteroatoms. The van der Waals surface area contributed by atoms with Crippen LogP contribution in [-0.4, -0.2) is 7.11 Å². The molecule has 2 rings (SSSR count).